The van der Waals surface area contributed by atoms with E-state index in [-0.39, 0.29) is 57.6 Å². The number of non-ortho nitro benzene ring substituents is 1. The summed E-state index contributed by atoms with van der Waals surface area (Å²) in [6.45, 7) is 9.78. The SMILES string of the molecule is COc1cc(N=Nc2c(Br)cc([N+](=O)[O-])cc2C#N)c(NC(=O)CC(C)CC(C)(C)C)cc1N(CCCCO)CCCCO. The number of benzene rings is 2. The molecule has 0 fully saturated rings. The van der Waals surface area contributed by atoms with Crippen LogP contribution in [0.1, 0.15) is 71.8 Å². The molecule has 0 aliphatic rings. The van der Waals surface area contributed by atoms with Crippen LogP contribution in [-0.4, -0.2) is 54.5 Å². The first-order chi connectivity index (χ1) is 20.8. The van der Waals surface area contributed by atoms with Gasteiger partial charge in [-0.2, -0.15) is 5.26 Å². The zero-order valence-electron chi connectivity index (χ0n) is 26.1. The smallest absolute Gasteiger partial charge is 0.272 e. The van der Waals surface area contributed by atoms with E-state index in [4.69, 9.17) is 4.74 Å². The Morgan fingerprint density at radius 3 is 2.30 bits per heavy atom. The first kappa shape index (κ1) is 36.6. The van der Waals surface area contributed by atoms with Crippen LogP contribution in [-0.2, 0) is 4.79 Å². The normalized spacial score (nSPS) is 12.2. The number of rotatable bonds is 17. The third-order valence-corrected chi connectivity index (χ3v) is 7.32. The van der Waals surface area contributed by atoms with E-state index in [1.165, 1.54) is 13.2 Å². The van der Waals surface area contributed by atoms with Gasteiger partial charge in [-0.05, 0) is 65.4 Å². The number of ether oxygens (including phenoxy) is 1. The van der Waals surface area contributed by atoms with Gasteiger partial charge in [-0.3, -0.25) is 14.9 Å². The summed E-state index contributed by atoms with van der Waals surface area (Å²) in [5.74, 6) is 0.394. The molecular formula is C31H43BrN6O6. The van der Waals surface area contributed by atoms with Gasteiger partial charge in [-0.1, -0.05) is 27.7 Å². The van der Waals surface area contributed by atoms with Crippen molar-refractivity contribution in [3.05, 3.63) is 44.4 Å². The molecule has 1 unspecified atom stereocenters. The van der Waals surface area contributed by atoms with Gasteiger partial charge in [0, 0.05) is 50.9 Å². The van der Waals surface area contributed by atoms with Crippen molar-refractivity contribution in [3.63, 3.8) is 0 Å². The summed E-state index contributed by atoms with van der Waals surface area (Å²) >= 11 is 3.26. The third-order valence-electron chi connectivity index (χ3n) is 6.72. The Morgan fingerprint density at radius 1 is 1.14 bits per heavy atom. The molecule has 0 heterocycles. The van der Waals surface area contributed by atoms with Crippen LogP contribution in [0.3, 0.4) is 0 Å². The summed E-state index contributed by atoms with van der Waals surface area (Å²) in [5.41, 5.74) is 1.20. The molecule has 12 nitrogen and oxygen atoms in total. The zero-order valence-corrected chi connectivity index (χ0v) is 27.7. The standard InChI is InChI=1S/C31H43BrN6O6/c1-21(19-31(2,3)4)14-29(41)34-25-17-27(37(10-6-8-12-39)11-7-9-13-40)28(44-5)18-26(25)35-36-30-22(20-33)15-23(38(42)43)16-24(30)32/h15-18,21,39-40H,6-14,19H2,1-5H3,(H,34,41). The fourth-order valence-corrected chi connectivity index (χ4v) is 5.48. The molecule has 44 heavy (non-hydrogen) atoms. The van der Waals surface area contributed by atoms with Crippen LogP contribution < -0.4 is 15.0 Å². The number of aliphatic hydroxyl groups excluding tert-OH is 2. The number of nitrogens with one attached hydrogen (secondary N) is 1. The van der Waals surface area contributed by atoms with Crippen molar-refractivity contribution in [3.8, 4) is 11.8 Å². The van der Waals surface area contributed by atoms with E-state index < -0.39 is 4.92 Å². The summed E-state index contributed by atoms with van der Waals surface area (Å²) < 4.78 is 5.95. The van der Waals surface area contributed by atoms with Gasteiger partial charge in [0.05, 0.1) is 33.4 Å². The Labute approximate surface area is 267 Å². The molecule has 2 aromatic rings. The second-order valence-electron chi connectivity index (χ2n) is 11.9. The molecule has 1 atom stereocenters. The zero-order chi connectivity index (χ0) is 32.9. The maximum atomic E-state index is 13.3. The Bertz CT molecular complexity index is 1340. The molecule has 0 spiro atoms. The monoisotopic (exact) mass is 674 g/mol. The van der Waals surface area contributed by atoms with Gasteiger partial charge in [0.25, 0.3) is 5.69 Å². The van der Waals surface area contributed by atoms with Crippen LogP contribution in [0.25, 0.3) is 0 Å². The van der Waals surface area contributed by atoms with Crippen molar-refractivity contribution < 1.29 is 24.7 Å². The number of unbranched alkanes of at least 4 members (excludes halogenated alkanes) is 2. The van der Waals surface area contributed by atoms with Crippen molar-refractivity contribution in [1.82, 2.24) is 0 Å². The minimum atomic E-state index is -0.600. The van der Waals surface area contributed by atoms with Gasteiger partial charge in [-0.25, -0.2) is 0 Å². The lowest BCUT2D eigenvalue weighted by Gasteiger charge is -2.28. The van der Waals surface area contributed by atoms with Crippen LogP contribution >= 0.6 is 15.9 Å². The Hall–Kier alpha value is -3.60. The molecule has 0 radical (unpaired) electrons. The van der Waals surface area contributed by atoms with E-state index in [1.54, 1.807) is 12.1 Å². The van der Waals surface area contributed by atoms with Crippen molar-refractivity contribution in [1.29, 1.82) is 5.26 Å². The summed E-state index contributed by atoms with van der Waals surface area (Å²) in [7, 11) is 1.52. The number of nitriles is 1. The molecule has 0 aliphatic carbocycles. The van der Waals surface area contributed by atoms with E-state index in [9.17, 15) is 30.4 Å². The van der Waals surface area contributed by atoms with Crippen molar-refractivity contribution >= 4 is 50.3 Å². The van der Waals surface area contributed by atoms with Gasteiger partial charge >= 0.3 is 0 Å². The number of hydrogen-bond donors (Lipinski definition) is 3. The van der Waals surface area contributed by atoms with Gasteiger partial charge in [-0.15, -0.1) is 10.2 Å². The Kier molecular flexibility index (Phi) is 14.7. The van der Waals surface area contributed by atoms with Gasteiger partial charge in [0.15, 0.2) is 0 Å². The highest BCUT2D eigenvalue weighted by Crippen LogP contribution is 2.41. The second-order valence-corrected chi connectivity index (χ2v) is 12.8. The lowest BCUT2D eigenvalue weighted by atomic mass is 9.84. The number of nitro groups is 1. The summed E-state index contributed by atoms with van der Waals surface area (Å²) in [6, 6.07) is 7.71. The molecule has 1 amide bonds. The number of carbonyl (C=O) groups is 1. The number of methoxy groups -OCH3 is 1. The number of halogens is 1. The fourth-order valence-electron chi connectivity index (χ4n) is 4.95. The van der Waals surface area contributed by atoms with Gasteiger partial charge < -0.3 is 25.2 Å². The number of carbonyl (C=O) groups excluding carboxylic acids is 1. The van der Waals surface area contributed by atoms with Crippen LogP contribution in [0.4, 0.5) is 28.4 Å². The molecule has 2 aromatic carbocycles. The van der Waals surface area contributed by atoms with Gasteiger partial charge in [0.1, 0.15) is 23.2 Å². The molecule has 0 saturated carbocycles. The number of azo groups is 1. The van der Waals surface area contributed by atoms with Crippen LogP contribution in [0.15, 0.2) is 39.0 Å². The molecule has 0 aromatic heterocycles. The molecular weight excluding hydrogens is 632 g/mol. The van der Waals surface area contributed by atoms with E-state index in [0.717, 1.165) is 25.3 Å². The van der Waals surface area contributed by atoms with Crippen LogP contribution in [0.5, 0.6) is 5.75 Å². The molecule has 240 valence electrons. The number of anilines is 2. The fraction of sp³-hybridized carbons (Fsp3) is 0.548. The van der Waals surface area contributed by atoms with E-state index in [1.807, 2.05) is 13.0 Å². The van der Waals surface area contributed by atoms with E-state index in [0.29, 0.717) is 49.5 Å². The minimum Gasteiger partial charge on any atom is -0.494 e. The Balaban J connectivity index is 2.62. The number of amides is 1. The van der Waals surface area contributed by atoms with Crippen LogP contribution in [0, 0.1) is 32.8 Å². The van der Waals surface area contributed by atoms with E-state index in [2.05, 4.69) is 57.1 Å². The van der Waals surface area contributed by atoms with Crippen molar-refractivity contribution in [2.24, 2.45) is 21.6 Å². The predicted molar refractivity (Wildman–Crippen MR) is 174 cm³/mol. The summed E-state index contributed by atoms with van der Waals surface area (Å²) in [6.07, 6.45) is 3.82. The molecule has 3 N–H and O–H groups in total. The number of nitrogens with zero attached hydrogens (tertiary/aromatic N) is 5. The quantitative estimate of drug-likeness (QED) is 0.0673. The highest BCUT2D eigenvalue weighted by Gasteiger charge is 2.22. The maximum absolute atomic E-state index is 13.3. The third kappa shape index (κ3) is 11.5. The summed E-state index contributed by atoms with van der Waals surface area (Å²) in [5, 5.41) is 51.2. The number of nitro benzene ring substituents is 1. The van der Waals surface area contributed by atoms with Crippen molar-refractivity contribution in [2.75, 3.05) is 43.6 Å². The topological polar surface area (TPSA) is 174 Å². The highest BCUT2D eigenvalue weighted by atomic mass is 79.9. The van der Waals surface area contributed by atoms with Crippen LogP contribution in [0.2, 0.25) is 0 Å². The molecule has 2 rings (SSSR count). The lowest BCUT2D eigenvalue weighted by molar-refractivity contribution is -0.384. The predicted octanol–water partition coefficient (Wildman–Crippen LogP) is 7.41. The Morgan fingerprint density at radius 2 is 1.77 bits per heavy atom. The number of aliphatic hydroxyl groups is 2. The van der Waals surface area contributed by atoms with Crippen molar-refractivity contribution in [2.45, 2.75) is 66.2 Å². The van der Waals surface area contributed by atoms with Gasteiger partial charge in [0.2, 0.25) is 5.91 Å². The second kappa shape index (κ2) is 17.6. The maximum Gasteiger partial charge on any atom is 0.272 e. The molecule has 13 heteroatoms. The molecule has 0 aliphatic heterocycles. The lowest BCUT2D eigenvalue weighted by Crippen LogP contribution is -2.27. The average Bonchev–Trinajstić information content (AvgIpc) is 2.94. The summed E-state index contributed by atoms with van der Waals surface area (Å²) in [4.78, 5) is 26.0. The van der Waals surface area contributed by atoms with E-state index >= 15 is 0 Å². The average molecular weight is 676 g/mol. The highest BCUT2D eigenvalue weighted by molar-refractivity contribution is 9.10. The molecule has 0 saturated heterocycles. The number of hydrogen-bond acceptors (Lipinski definition) is 10. The first-order valence-electron chi connectivity index (χ1n) is 14.6. The molecule has 0 bridgehead atoms. The largest absolute Gasteiger partial charge is 0.494 e. The first-order valence-corrected chi connectivity index (χ1v) is 15.4. The minimum absolute atomic E-state index is 0.0426.